The number of nitrogens with zero attached hydrogens (tertiary/aromatic N) is 1. The van der Waals surface area contributed by atoms with E-state index in [0.717, 1.165) is 17.1 Å². The van der Waals surface area contributed by atoms with Crippen molar-refractivity contribution in [2.24, 2.45) is 0 Å². The van der Waals surface area contributed by atoms with Crippen LogP contribution in [0.3, 0.4) is 0 Å². The Kier molecular flexibility index (Phi) is 2.38. The molecule has 0 N–H and O–H groups in total. The first-order chi connectivity index (χ1) is 4.74. The minimum Gasteiger partial charge on any atom is -0.446 e. The number of anilines is 1. The first-order valence-electron chi connectivity index (χ1n) is 3.07. The summed E-state index contributed by atoms with van der Waals surface area (Å²) in [4.78, 5) is 1.98. The van der Waals surface area contributed by atoms with Gasteiger partial charge in [0.2, 0.25) is 0 Å². The Labute approximate surface area is 68.9 Å². The molecular formula is C7H10BrNO. The van der Waals surface area contributed by atoms with E-state index in [1.165, 1.54) is 0 Å². The molecule has 1 rings (SSSR count). The summed E-state index contributed by atoms with van der Waals surface area (Å²) in [6, 6.07) is 3.91. The van der Waals surface area contributed by atoms with Gasteiger partial charge < -0.3 is 9.32 Å². The van der Waals surface area contributed by atoms with Crippen LogP contribution in [0.25, 0.3) is 0 Å². The lowest BCUT2D eigenvalue weighted by Crippen LogP contribution is -2.12. The summed E-state index contributed by atoms with van der Waals surface area (Å²) in [6.07, 6.45) is 0. The molecule has 0 aliphatic carbocycles. The van der Waals surface area contributed by atoms with Gasteiger partial charge in [0.15, 0.2) is 5.88 Å². The third-order valence-corrected chi connectivity index (χ3v) is 2.03. The molecule has 0 aliphatic rings. The Hall–Kier alpha value is -0.440. The maximum absolute atomic E-state index is 5.33. The Morgan fingerprint density at radius 3 is 2.70 bits per heavy atom. The van der Waals surface area contributed by atoms with Crippen molar-refractivity contribution in [1.82, 2.24) is 0 Å². The zero-order valence-electron chi connectivity index (χ0n) is 6.10. The molecule has 0 saturated heterocycles. The molecule has 2 nitrogen and oxygen atoms in total. The highest BCUT2D eigenvalue weighted by Gasteiger charge is 2.01. The minimum atomic E-state index is 0.792. The maximum Gasteiger partial charge on any atom is 0.196 e. The fourth-order valence-corrected chi connectivity index (χ4v) is 0.933. The average Bonchev–Trinajstić information content (AvgIpc) is 2.34. The van der Waals surface area contributed by atoms with Gasteiger partial charge in [-0.05, 0) is 13.0 Å². The molecule has 0 fully saturated rings. The molecule has 0 aliphatic heterocycles. The fraction of sp³-hybridized carbons (Fsp3) is 0.429. The normalized spacial score (nSPS) is 9.90. The molecule has 1 heterocycles. The van der Waals surface area contributed by atoms with Crippen LogP contribution in [-0.2, 0) is 0 Å². The molecule has 0 spiro atoms. The predicted molar refractivity (Wildman–Crippen MR) is 45.6 cm³/mol. The van der Waals surface area contributed by atoms with Crippen molar-refractivity contribution < 1.29 is 4.42 Å². The molecule has 3 heteroatoms. The van der Waals surface area contributed by atoms with Gasteiger partial charge in [-0.1, -0.05) is 15.9 Å². The third-order valence-electron chi connectivity index (χ3n) is 1.28. The molecule has 56 valence electrons. The van der Waals surface area contributed by atoms with E-state index in [1.807, 2.05) is 31.0 Å². The summed E-state index contributed by atoms with van der Waals surface area (Å²) in [5.41, 5.74) is 0.792. The van der Waals surface area contributed by atoms with Crippen LogP contribution in [0.15, 0.2) is 16.5 Å². The van der Waals surface area contributed by atoms with Crippen LogP contribution < -0.4 is 4.90 Å². The highest BCUT2D eigenvalue weighted by atomic mass is 79.9. The van der Waals surface area contributed by atoms with Gasteiger partial charge in [-0.3, -0.25) is 0 Å². The van der Waals surface area contributed by atoms with Gasteiger partial charge in [0.25, 0.3) is 0 Å². The first kappa shape index (κ1) is 7.66. The lowest BCUT2D eigenvalue weighted by atomic mass is 10.5. The van der Waals surface area contributed by atoms with Gasteiger partial charge in [0.1, 0.15) is 5.76 Å². The van der Waals surface area contributed by atoms with Crippen LogP contribution in [0.5, 0.6) is 0 Å². The van der Waals surface area contributed by atoms with Crippen LogP contribution in [-0.4, -0.2) is 12.5 Å². The number of furan rings is 1. The topological polar surface area (TPSA) is 16.4 Å². The van der Waals surface area contributed by atoms with E-state index in [2.05, 4.69) is 15.9 Å². The van der Waals surface area contributed by atoms with Gasteiger partial charge in [0, 0.05) is 13.1 Å². The smallest absolute Gasteiger partial charge is 0.196 e. The number of halogens is 1. The van der Waals surface area contributed by atoms with Crippen LogP contribution in [0.1, 0.15) is 5.76 Å². The Morgan fingerprint density at radius 1 is 1.60 bits per heavy atom. The Bertz CT molecular complexity index is 209. The van der Waals surface area contributed by atoms with E-state index < -0.39 is 0 Å². The molecule has 0 aromatic carbocycles. The van der Waals surface area contributed by atoms with Crippen LogP contribution in [0.2, 0.25) is 0 Å². The van der Waals surface area contributed by atoms with Gasteiger partial charge in [-0.15, -0.1) is 0 Å². The highest BCUT2D eigenvalue weighted by molar-refractivity contribution is 9.09. The van der Waals surface area contributed by atoms with Gasteiger partial charge >= 0.3 is 0 Å². The molecule has 0 radical (unpaired) electrons. The standard InChI is InChI=1S/C7H10BrNO/c1-6-3-4-7(10-6)9(2)5-8/h3-4H,5H2,1-2H3. The van der Waals surface area contributed by atoms with Gasteiger partial charge in [-0.25, -0.2) is 0 Å². The zero-order chi connectivity index (χ0) is 7.56. The zero-order valence-corrected chi connectivity index (χ0v) is 7.68. The highest BCUT2D eigenvalue weighted by Crippen LogP contribution is 2.16. The number of rotatable bonds is 2. The van der Waals surface area contributed by atoms with E-state index in [-0.39, 0.29) is 0 Å². The molecule has 0 unspecified atom stereocenters. The fourth-order valence-electron chi connectivity index (χ4n) is 0.686. The van der Waals surface area contributed by atoms with Crippen LogP contribution >= 0.6 is 15.9 Å². The molecule has 10 heavy (non-hydrogen) atoms. The first-order valence-corrected chi connectivity index (χ1v) is 4.19. The number of alkyl halides is 1. The van der Waals surface area contributed by atoms with Gasteiger partial charge in [0.05, 0.1) is 5.45 Å². The Morgan fingerprint density at radius 2 is 2.30 bits per heavy atom. The lowest BCUT2D eigenvalue weighted by molar-refractivity contribution is 0.533. The van der Waals surface area contributed by atoms with Crippen LogP contribution in [0, 0.1) is 6.92 Å². The summed E-state index contributed by atoms with van der Waals surface area (Å²) in [5, 5.41) is 0. The number of hydrogen-bond acceptors (Lipinski definition) is 2. The van der Waals surface area contributed by atoms with Crippen molar-refractivity contribution in [2.75, 3.05) is 17.4 Å². The van der Waals surface area contributed by atoms with Crippen molar-refractivity contribution in [3.8, 4) is 0 Å². The summed E-state index contributed by atoms with van der Waals surface area (Å²) in [7, 11) is 1.97. The lowest BCUT2D eigenvalue weighted by Gasteiger charge is -2.10. The van der Waals surface area contributed by atoms with Crippen molar-refractivity contribution in [1.29, 1.82) is 0 Å². The van der Waals surface area contributed by atoms with Crippen LogP contribution in [0.4, 0.5) is 5.88 Å². The van der Waals surface area contributed by atoms with E-state index in [0.29, 0.717) is 0 Å². The quantitative estimate of drug-likeness (QED) is 0.543. The second-order valence-electron chi connectivity index (χ2n) is 2.20. The van der Waals surface area contributed by atoms with Crippen molar-refractivity contribution in [2.45, 2.75) is 6.92 Å². The SMILES string of the molecule is Cc1ccc(N(C)CBr)o1. The monoisotopic (exact) mass is 203 g/mol. The Balaban J connectivity index is 2.74. The molecular weight excluding hydrogens is 194 g/mol. The number of aryl methyl sites for hydroxylation is 1. The third kappa shape index (κ3) is 1.53. The summed E-state index contributed by atoms with van der Waals surface area (Å²) < 4.78 is 5.33. The van der Waals surface area contributed by atoms with Crippen molar-refractivity contribution in [3.05, 3.63) is 17.9 Å². The summed E-state index contributed by atoms with van der Waals surface area (Å²) in [5.74, 6) is 1.84. The number of hydrogen-bond donors (Lipinski definition) is 0. The van der Waals surface area contributed by atoms with Crippen molar-refractivity contribution in [3.63, 3.8) is 0 Å². The van der Waals surface area contributed by atoms with E-state index in [1.54, 1.807) is 0 Å². The molecule has 0 bridgehead atoms. The molecule has 0 atom stereocenters. The molecule has 1 aromatic heterocycles. The average molecular weight is 204 g/mol. The molecule has 0 saturated carbocycles. The van der Waals surface area contributed by atoms with Gasteiger partial charge in [-0.2, -0.15) is 0 Å². The summed E-state index contributed by atoms with van der Waals surface area (Å²) >= 11 is 3.33. The second kappa shape index (κ2) is 3.10. The van der Waals surface area contributed by atoms with E-state index in [4.69, 9.17) is 4.42 Å². The summed E-state index contributed by atoms with van der Waals surface area (Å²) in [6.45, 7) is 1.94. The van der Waals surface area contributed by atoms with E-state index >= 15 is 0 Å². The maximum atomic E-state index is 5.33. The largest absolute Gasteiger partial charge is 0.446 e. The predicted octanol–water partition coefficient (Wildman–Crippen LogP) is 2.38. The molecule has 1 aromatic rings. The molecule has 0 amide bonds. The minimum absolute atomic E-state index is 0.792. The van der Waals surface area contributed by atoms with Crippen molar-refractivity contribution >= 4 is 21.8 Å². The second-order valence-corrected chi connectivity index (χ2v) is 2.70. The van der Waals surface area contributed by atoms with E-state index in [9.17, 15) is 0 Å².